The molecule has 31 heavy (non-hydrogen) atoms. The molecule has 9 heteroatoms. The van der Waals surface area contributed by atoms with E-state index in [2.05, 4.69) is 30.2 Å². The zero-order valence-electron chi connectivity index (χ0n) is 18.2. The molecule has 1 aliphatic carbocycles. The number of aryl methyl sites for hydroxylation is 1. The largest absolute Gasteiger partial charge is 0.495 e. The summed E-state index contributed by atoms with van der Waals surface area (Å²) >= 11 is 4.02. The van der Waals surface area contributed by atoms with Crippen LogP contribution in [0.2, 0.25) is 0 Å². The Labute approximate surface area is 186 Å². The molecule has 1 aromatic rings. The molecule has 5 nitrogen and oxygen atoms in total. The van der Waals surface area contributed by atoms with Crippen LogP contribution in [0.4, 0.5) is 13.2 Å². The van der Waals surface area contributed by atoms with Gasteiger partial charge in [-0.05, 0) is 44.7 Å². The summed E-state index contributed by atoms with van der Waals surface area (Å²) in [4.78, 5) is 12.8. The Morgan fingerprint density at radius 1 is 1.26 bits per heavy atom. The summed E-state index contributed by atoms with van der Waals surface area (Å²) < 4.78 is 50.8. The average molecular weight is 461 g/mol. The smallest absolute Gasteiger partial charge is 0.417 e. The van der Waals surface area contributed by atoms with E-state index in [1.807, 2.05) is 0 Å². The summed E-state index contributed by atoms with van der Waals surface area (Å²) in [5.74, 6) is -0.664. The van der Waals surface area contributed by atoms with Gasteiger partial charge in [0.05, 0.1) is 35.8 Å². The van der Waals surface area contributed by atoms with Crippen LogP contribution in [0, 0.1) is 6.92 Å². The van der Waals surface area contributed by atoms with Gasteiger partial charge in [-0.15, -0.1) is 12.6 Å². The van der Waals surface area contributed by atoms with Gasteiger partial charge in [0.2, 0.25) is 0 Å². The normalized spacial score (nSPS) is 24.0. The van der Waals surface area contributed by atoms with Crippen LogP contribution in [-0.2, 0) is 10.9 Å². The first-order valence-corrected chi connectivity index (χ1v) is 11.1. The monoisotopic (exact) mass is 460 g/mol. The predicted octanol–water partition coefficient (Wildman–Crippen LogP) is 4.51. The van der Waals surface area contributed by atoms with E-state index in [1.165, 1.54) is 33.3 Å². The molecule has 2 unspecified atom stereocenters. The number of hydrogen-bond acceptors (Lipinski definition) is 5. The summed E-state index contributed by atoms with van der Waals surface area (Å²) in [5.41, 5.74) is -0.662. The van der Waals surface area contributed by atoms with E-state index in [9.17, 15) is 18.0 Å². The maximum atomic E-state index is 13.3. The van der Waals surface area contributed by atoms with Gasteiger partial charge in [0.1, 0.15) is 5.75 Å². The van der Waals surface area contributed by atoms with E-state index in [0.29, 0.717) is 13.2 Å². The number of alkyl halides is 3. The van der Waals surface area contributed by atoms with Crippen molar-refractivity contribution in [2.45, 2.75) is 81.1 Å². The lowest BCUT2D eigenvalue weighted by Crippen LogP contribution is -2.61. The molecular weight excluding hydrogens is 429 g/mol. The lowest BCUT2D eigenvalue weighted by Gasteiger charge is -2.42. The Hall–Kier alpha value is -1.45. The molecule has 2 fully saturated rings. The molecule has 3 rings (SSSR count). The van der Waals surface area contributed by atoms with Crippen LogP contribution in [0.25, 0.3) is 0 Å². The van der Waals surface area contributed by atoms with Gasteiger partial charge in [0.15, 0.2) is 0 Å². The average Bonchev–Trinajstić information content (AvgIpc) is 2.70. The summed E-state index contributed by atoms with van der Waals surface area (Å²) in [5, 5.41) is 6.71. The van der Waals surface area contributed by atoms with Crippen molar-refractivity contribution in [3.8, 4) is 5.75 Å². The first kappa shape index (κ1) is 24.2. The number of carbonyl (C=O) groups is 1. The molecule has 1 saturated heterocycles. The molecule has 0 radical (unpaired) electrons. The number of nitrogens with one attached hydrogen (secondary N) is 2. The lowest BCUT2D eigenvalue weighted by molar-refractivity contribution is -0.139. The highest BCUT2D eigenvalue weighted by Gasteiger charge is 2.38. The minimum atomic E-state index is -4.59. The van der Waals surface area contributed by atoms with Crippen LogP contribution in [0.15, 0.2) is 11.0 Å². The fraction of sp³-hybridized carbons (Fsp3) is 0.682. The third-order valence-electron chi connectivity index (χ3n) is 6.35. The van der Waals surface area contributed by atoms with Crippen molar-refractivity contribution in [1.29, 1.82) is 0 Å². The van der Waals surface area contributed by atoms with E-state index < -0.39 is 22.5 Å². The second-order valence-corrected chi connectivity index (χ2v) is 9.26. The molecule has 2 atom stereocenters. The number of hydrogen-bond donors (Lipinski definition) is 3. The number of carbonyl (C=O) groups excluding carboxylic acids is 1. The Bertz CT molecular complexity index is 810. The SMILES string of the molecule is COc1c(S)c(C(F)(F)F)cc(C)c1C(=O)NC1COCCC1NC1(C)CCCCC1. The number of benzene rings is 1. The zero-order chi connectivity index (χ0) is 22.8. The van der Waals surface area contributed by atoms with E-state index in [0.717, 1.165) is 25.3 Å². The van der Waals surface area contributed by atoms with E-state index in [1.54, 1.807) is 0 Å². The Kier molecular flexibility index (Phi) is 7.48. The molecule has 0 aromatic heterocycles. The molecule has 2 aliphatic rings. The highest BCUT2D eigenvalue weighted by molar-refractivity contribution is 7.80. The van der Waals surface area contributed by atoms with Gasteiger partial charge >= 0.3 is 6.18 Å². The van der Waals surface area contributed by atoms with Crippen molar-refractivity contribution in [2.24, 2.45) is 0 Å². The first-order chi connectivity index (χ1) is 14.6. The maximum absolute atomic E-state index is 13.3. The van der Waals surface area contributed by atoms with E-state index >= 15 is 0 Å². The van der Waals surface area contributed by atoms with Gasteiger partial charge in [-0.1, -0.05) is 19.3 Å². The van der Waals surface area contributed by atoms with Gasteiger partial charge in [-0.3, -0.25) is 4.79 Å². The van der Waals surface area contributed by atoms with Crippen LogP contribution in [0.1, 0.15) is 66.9 Å². The molecule has 0 bridgehead atoms. The molecule has 1 amide bonds. The minimum Gasteiger partial charge on any atom is -0.495 e. The van der Waals surface area contributed by atoms with Crippen molar-refractivity contribution >= 4 is 18.5 Å². The third-order valence-corrected chi connectivity index (χ3v) is 6.80. The van der Waals surface area contributed by atoms with Gasteiger partial charge in [0, 0.05) is 18.2 Å². The molecular formula is C22H31F3N2O3S. The minimum absolute atomic E-state index is 0.0173. The predicted molar refractivity (Wildman–Crippen MR) is 115 cm³/mol. The van der Waals surface area contributed by atoms with E-state index in [4.69, 9.17) is 9.47 Å². The van der Waals surface area contributed by atoms with Gasteiger partial charge in [-0.25, -0.2) is 0 Å². The van der Waals surface area contributed by atoms with Crippen LogP contribution < -0.4 is 15.4 Å². The summed E-state index contributed by atoms with van der Waals surface area (Å²) in [6.45, 7) is 4.63. The zero-order valence-corrected chi connectivity index (χ0v) is 19.1. The fourth-order valence-corrected chi connectivity index (χ4v) is 5.09. The molecule has 1 aliphatic heterocycles. The van der Waals surface area contributed by atoms with Crippen molar-refractivity contribution in [2.75, 3.05) is 20.3 Å². The first-order valence-electron chi connectivity index (χ1n) is 10.7. The molecule has 2 N–H and O–H groups in total. The second kappa shape index (κ2) is 9.58. The standard InChI is InChI=1S/C22H31F3N2O3S/c1-13-11-14(22(23,24)25)19(31)18(29-3)17(13)20(28)26-16-12-30-10-7-15(16)27-21(2)8-5-4-6-9-21/h11,15-16,27,31H,4-10,12H2,1-3H3,(H,26,28). The molecule has 1 saturated carbocycles. The second-order valence-electron chi connectivity index (χ2n) is 8.81. The van der Waals surface area contributed by atoms with Crippen molar-refractivity contribution in [3.05, 3.63) is 22.8 Å². The topological polar surface area (TPSA) is 59.6 Å². The number of ether oxygens (including phenoxy) is 2. The highest BCUT2D eigenvalue weighted by Crippen LogP contribution is 2.41. The number of thiol groups is 1. The van der Waals surface area contributed by atoms with Crippen LogP contribution >= 0.6 is 12.6 Å². The quantitative estimate of drug-likeness (QED) is 0.566. The van der Waals surface area contributed by atoms with Crippen LogP contribution in [0.5, 0.6) is 5.75 Å². The lowest BCUT2D eigenvalue weighted by atomic mass is 9.82. The van der Waals surface area contributed by atoms with Crippen molar-refractivity contribution in [3.63, 3.8) is 0 Å². The number of halogens is 3. The summed E-state index contributed by atoms with van der Waals surface area (Å²) in [6.07, 6.45) is 1.92. The summed E-state index contributed by atoms with van der Waals surface area (Å²) in [7, 11) is 1.24. The third kappa shape index (κ3) is 5.49. The van der Waals surface area contributed by atoms with Gasteiger partial charge < -0.3 is 20.1 Å². The molecule has 1 heterocycles. The Balaban J connectivity index is 1.83. The Morgan fingerprint density at radius 3 is 2.55 bits per heavy atom. The number of rotatable bonds is 5. The van der Waals surface area contributed by atoms with Gasteiger partial charge in [0.25, 0.3) is 5.91 Å². The van der Waals surface area contributed by atoms with Crippen molar-refractivity contribution in [1.82, 2.24) is 10.6 Å². The molecule has 1 aromatic carbocycles. The fourth-order valence-electron chi connectivity index (χ4n) is 4.69. The maximum Gasteiger partial charge on any atom is 0.417 e. The number of methoxy groups -OCH3 is 1. The van der Waals surface area contributed by atoms with Crippen LogP contribution in [0.3, 0.4) is 0 Å². The Morgan fingerprint density at radius 2 is 1.94 bits per heavy atom. The number of amides is 1. The molecule has 0 spiro atoms. The summed E-state index contributed by atoms with van der Waals surface area (Å²) in [6, 6.07) is 0.669. The van der Waals surface area contributed by atoms with Gasteiger partial charge in [-0.2, -0.15) is 13.2 Å². The van der Waals surface area contributed by atoms with E-state index in [-0.39, 0.29) is 34.5 Å². The molecule has 174 valence electrons. The van der Waals surface area contributed by atoms with Crippen LogP contribution in [-0.4, -0.2) is 43.9 Å². The highest BCUT2D eigenvalue weighted by atomic mass is 32.1. The van der Waals surface area contributed by atoms with Crippen molar-refractivity contribution < 1.29 is 27.4 Å².